The van der Waals surface area contributed by atoms with Gasteiger partial charge in [0.05, 0.1) is 17.5 Å². The molecule has 0 saturated carbocycles. The standard InChI is InChI=1S/C18H22N4O2/c1-12(2)10-17(23)20-13-5-7-14(8-6-13)21-18(24)15-11-19-22-9-3-4-16(15)22/h5-8,11-12H,3-4,9-10H2,1-2H3,(H,20,23)(H,21,24). The van der Waals surface area contributed by atoms with E-state index in [1.54, 1.807) is 30.5 Å². The quantitative estimate of drug-likeness (QED) is 0.886. The van der Waals surface area contributed by atoms with Crippen molar-refractivity contribution in [1.82, 2.24) is 9.78 Å². The van der Waals surface area contributed by atoms with Gasteiger partial charge in [-0.3, -0.25) is 14.3 Å². The fraction of sp³-hybridized carbons (Fsp3) is 0.389. The summed E-state index contributed by atoms with van der Waals surface area (Å²) in [6, 6.07) is 7.14. The van der Waals surface area contributed by atoms with E-state index in [-0.39, 0.29) is 11.8 Å². The van der Waals surface area contributed by atoms with E-state index in [2.05, 4.69) is 15.7 Å². The van der Waals surface area contributed by atoms with Crippen molar-refractivity contribution >= 4 is 23.2 Å². The van der Waals surface area contributed by atoms with Gasteiger partial charge in [0.1, 0.15) is 0 Å². The topological polar surface area (TPSA) is 76.0 Å². The molecule has 3 rings (SSSR count). The first kappa shape index (κ1) is 16.2. The molecule has 2 amide bonds. The lowest BCUT2D eigenvalue weighted by Crippen LogP contribution is -2.14. The minimum atomic E-state index is -0.144. The van der Waals surface area contributed by atoms with E-state index in [0.717, 1.165) is 30.8 Å². The molecule has 0 bridgehead atoms. The molecule has 2 heterocycles. The van der Waals surface area contributed by atoms with Crippen LogP contribution in [0.3, 0.4) is 0 Å². The summed E-state index contributed by atoms with van der Waals surface area (Å²) in [6.07, 6.45) is 4.05. The number of aromatic nitrogens is 2. The molecule has 0 unspecified atom stereocenters. The van der Waals surface area contributed by atoms with Gasteiger partial charge in [-0.1, -0.05) is 13.8 Å². The van der Waals surface area contributed by atoms with Crippen LogP contribution in [-0.2, 0) is 17.8 Å². The maximum Gasteiger partial charge on any atom is 0.259 e. The molecule has 2 aromatic rings. The predicted octanol–water partition coefficient (Wildman–Crippen LogP) is 3.07. The Morgan fingerprint density at radius 2 is 1.83 bits per heavy atom. The number of fused-ring (bicyclic) bond motifs is 1. The van der Waals surface area contributed by atoms with Crippen LogP contribution in [0, 0.1) is 5.92 Å². The molecule has 1 aromatic carbocycles. The van der Waals surface area contributed by atoms with Gasteiger partial charge in [-0.2, -0.15) is 5.10 Å². The zero-order valence-electron chi connectivity index (χ0n) is 14.0. The summed E-state index contributed by atoms with van der Waals surface area (Å²) in [6.45, 7) is 4.89. The molecule has 1 aliphatic heterocycles. The lowest BCUT2D eigenvalue weighted by atomic mass is 10.1. The number of rotatable bonds is 5. The summed E-state index contributed by atoms with van der Waals surface area (Å²) >= 11 is 0. The van der Waals surface area contributed by atoms with Crippen molar-refractivity contribution in [3.05, 3.63) is 41.7 Å². The van der Waals surface area contributed by atoms with Crippen molar-refractivity contribution in [1.29, 1.82) is 0 Å². The second kappa shape index (κ2) is 6.86. The Kier molecular flexibility index (Phi) is 4.64. The number of hydrogen-bond acceptors (Lipinski definition) is 3. The molecule has 0 atom stereocenters. The van der Waals surface area contributed by atoms with Crippen LogP contribution >= 0.6 is 0 Å². The van der Waals surface area contributed by atoms with Crippen molar-refractivity contribution in [3.63, 3.8) is 0 Å². The molecule has 0 radical (unpaired) electrons. The second-order valence-electron chi connectivity index (χ2n) is 6.51. The van der Waals surface area contributed by atoms with Crippen molar-refractivity contribution in [2.45, 2.75) is 39.7 Å². The van der Waals surface area contributed by atoms with Crippen molar-refractivity contribution in [2.24, 2.45) is 5.92 Å². The van der Waals surface area contributed by atoms with Crippen LogP contribution in [0.1, 0.15) is 42.7 Å². The Balaban J connectivity index is 1.61. The molecule has 2 N–H and O–H groups in total. The SMILES string of the molecule is CC(C)CC(=O)Nc1ccc(NC(=O)c2cnn3c2CCC3)cc1. The zero-order valence-corrected chi connectivity index (χ0v) is 14.0. The average molecular weight is 326 g/mol. The summed E-state index contributed by atoms with van der Waals surface area (Å²) in [5.74, 6) is 0.174. The van der Waals surface area contributed by atoms with E-state index >= 15 is 0 Å². The maximum absolute atomic E-state index is 12.4. The van der Waals surface area contributed by atoms with E-state index in [1.807, 2.05) is 18.5 Å². The van der Waals surface area contributed by atoms with E-state index in [4.69, 9.17) is 0 Å². The van der Waals surface area contributed by atoms with Gasteiger partial charge >= 0.3 is 0 Å². The summed E-state index contributed by atoms with van der Waals surface area (Å²) in [4.78, 5) is 24.1. The first-order chi connectivity index (χ1) is 11.5. The van der Waals surface area contributed by atoms with Gasteiger partial charge < -0.3 is 10.6 Å². The molecule has 0 aliphatic carbocycles. The number of carbonyl (C=O) groups is 2. The third kappa shape index (κ3) is 3.64. The van der Waals surface area contributed by atoms with Crippen molar-refractivity contribution in [3.8, 4) is 0 Å². The Labute approximate surface area is 141 Å². The molecule has 126 valence electrons. The largest absolute Gasteiger partial charge is 0.326 e. The second-order valence-corrected chi connectivity index (χ2v) is 6.51. The van der Waals surface area contributed by atoms with E-state index < -0.39 is 0 Å². The molecule has 24 heavy (non-hydrogen) atoms. The van der Waals surface area contributed by atoms with Crippen molar-refractivity contribution in [2.75, 3.05) is 10.6 Å². The summed E-state index contributed by atoms with van der Waals surface area (Å²) in [7, 11) is 0. The van der Waals surface area contributed by atoms with Gasteiger partial charge in [0, 0.05) is 24.3 Å². The highest BCUT2D eigenvalue weighted by atomic mass is 16.2. The van der Waals surface area contributed by atoms with Crippen LogP contribution in [0.25, 0.3) is 0 Å². The molecule has 6 nitrogen and oxygen atoms in total. The van der Waals surface area contributed by atoms with Gasteiger partial charge in [-0.25, -0.2) is 0 Å². The third-order valence-corrected chi connectivity index (χ3v) is 4.00. The number of nitrogens with one attached hydrogen (secondary N) is 2. The highest BCUT2D eigenvalue weighted by Crippen LogP contribution is 2.20. The smallest absolute Gasteiger partial charge is 0.259 e. The van der Waals surface area contributed by atoms with Gasteiger partial charge in [0.25, 0.3) is 5.91 Å². The van der Waals surface area contributed by atoms with Gasteiger partial charge in [-0.05, 0) is 43.0 Å². The first-order valence-corrected chi connectivity index (χ1v) is 8.29. The number of anilines is 2. The summed E-state index contributed by atoms with van der Waals surface area (Å²) < 4.78 is 1.89. The van der Waals surface area contributed by atoms with Crippen molar-refractivity contribution < 1.29 is 9.59 Å². The molecule has 1 aromatic heterocycles. The zero-order chi connectivity index (χ0) is 17.1. The van der Waals surface area contributed by atoms with E-state index in [1.165, 1.54) is 0 Å². The number of nitrogens with zero attached hydrogens (tertiary/aromatic N) is 2. The molecule has 0 spiro atoms. The van der Waals surface area contributed by atoms with Crippen LogP contribution < -0.4 is 10.6 Å². The number of amides is 2. The molecule has 0 saturated heterocycles. The van der Waals surface area contributed by atoms with Gasteiger partial charge in [0.2, 0.25) is 5.91 Å². The monoisotopic (exact) mass is 326 g/mol. The molecular formula is C18H22N4O2. The fourth-order valence-corrected chi connectivity index (χ4v) is 2.87. The van der Waals surface area contributed by atoms with Crippen LogP contribution in [0.4, 0.5) is 11.4 Å². The Hall–Kier alpha value is -2.63. The first-order valence-electron chi connectivity index (χ1n) is 8.29. The summed E-state index contributed by atoms with van der Waals surface area (Å²) in [5, 5.41) is 9.97. The molecule has 6 heteroatoms. The Morgan fingerprint density at radius 3 is 2.50 bits per heavy atom. The van der Waals surface area contributed by atoms with Gasteiger partial charge in [0.15, 0.2) is 0 Å². The van der Waals surface area contributed by atoms with Crippen LogP contribution in [0.5, 0.6) is 0 Å². The maximum atomic E-state index is 12.4. The van der Waals surface area contributed by atoms with Crippen LogP contribution in [0.15, 0.2) is 30.5 Å². The van der Waals surface area contributed by atoms with Crippen LogP contribution in [-0.4, -0.2) is 21.6 Å². The summed E-state index contributed by atoms with van der Waals surface area (Å²) in [5.41, 5.74) is 3.07. The van der Waals surface area contributed by atoms with E-state index in [0.29, 0.717) is 23.6 Å². The molecular weight excluding hydrogens is 304 g/mol. The lowest BCUT2D eigenvalue weighted by molar-refractivity contribution is -0.116. The minimum absolute atomic E-state index is 0.00256. The Morgan fingerprint density at radius 1 is 1.17 bits per heavy atom. The minimum Gasteiger partial charge on any atom is -0.326 e. The highest BCUT2D eigenvalue weighted by Gasteiger charge is 2.21. The van der Waals surface area contributed by atoms with E-state index in [9.17, 15) is 9.59 Å². The lowest BCUT2D eigenvalue weighted by Gasteiger charge is -2.09. The Bertz CT molecular complexity index is 747. The normalized spacial score (nSPS) is 13.0. The number of hydrogen-bond donors (Lipinski definition) is 2. The van der Waals surface area contributed by atoms with Crippen LogP contribution in [0.2, 0.25) is 0 Å². The average Bonchev–Trinajstić information content (AvgIpc) is 3.11. The highest BCUT2D eigenvalue weighted by molar-refractivity contribution is 6.05. The van der Waals surface area contributed by atoms with Gasteiger partial charge in [-0.15, -0.1) is 0 Å². The third-order valence-electron chi connectivity index (χ3n) is 4.00. The molecule has 0 fully saturated rings. The molecule has 1 aliphatic rings. The predicted molar refractivity (Wildman–Crippen MR) is 93.0 cm³/mol. The number of aryl methyl sites for hydroxylation is 1. The number of carbonyl (C=O) groups excluding carboxylic acids is 2. The fourth-order valence-electron chi connectivity index (χ4n) is 2.87. The number of benzene rings is 1.